The molecule has 4 heteroatoms. The average Bonchev–Trinajstić information content (AvgIpc) is 2.86. The van der Waals surface area contributed by atoms with Crippen LogP contribution in [-0.2, 0) is 0 Å². The molecule has 1 aromatic heterocycles. The molecular formula is C15H12N2O2. The maximum atomic E-state index is 9.52. The Balaban J connectivity index is 2.05. The first-order valence-electron chi connectivity index (χ1n) is 5.83. The summed E-state index contributed by atoms with van der Waals surface area (Å²) in [6.07, 6.45) is 1.59. The molecule has 0 saturated heterocycles. The van der Waals surface area contributed by atoms with Crippen LogP contribution >= 0.6 is 0 Å². The predicted molar refractivity (Wildman–Crippen MR) is 73.5 cm³/mol. The molecule has 0 bridgehead atoms. The fourth-order valence-corrected chi connectivity index (χ4v) is 1.96. The summed E-state index contributed by atoms with van der Waals surface area (Å²) in [6, 6.07) is 15.0. The van der Waals surface area contributed by atoms with Gasteiger partial charge in [0.1, 0.15) is 5.75 Å². The Hall–Kier alpha value is -2.75. The Labute approximate surface area is 110 Å². The lowest BCUT2D eigenvalue weighted by atomic mass is 10.0. The number of nitrogen functional groups attached to an aromatic ring is 1. The van der Waals surface area contributed by atoms with Crippen LogP contribution in [0.5, 0.6) is 5.75 Å². The zero-order valence-corrected chi connectivity index (χ0v) is 10.1. The van der Waals surface area contributed by atoms with E-state index in [4.69, 9.17) is 10.2 Å². The summed E-state index contributed by atoms with van der Waals surface area (Å²) in [4.78, 5) is 3.88. The molecule has 0 aliphatic rings. The molecule has 3 aromatic rings. The van der Waals surface area contributed by atoms with Gasteiger partial charge in [-0.05, 0) is 29.3 Å². The highest BCUT2D eigenvalue weighted by atomic mass is 16.4. The number of hydrogen-bond donors (Lipinski definition) is 2. The van der Waals surface area contributed by atoms with Crippen molar-refractivity contribution in [3.63, 3.8) is 0 Å². The third-order valence-electron chi connectivity index (χ3n) is 2.85. The predicted octanol–water partition coefficient (Wildman–Crippen LogP) is 3.30. The third kappa shape index (κ3) is 2.28. The first-order chi connectivity index (χ1) is 9.22. The highest BCUT2D eigenvalue weighted by molar-refractivity contribution is 5.71. The summed E-state index contributed by atoms with van der Waals surface area (Å²) in [5.41, 5.74) is 8.30. The molecule has 1 heterocycles. The Kier molecular flexibility index (Phi) is 2.68. The van der Waals surface area contributed by atoms with Crippen LogP contribution in [0, 0.1) is 0 Å². The monoisotopic (exact) mass is 252 g/mol. The van der Waals surface area contributed by atoms with Crippen LogP contribution in [-0.4, -0.2) is 10.1 Å². The fraction of sp³-hybridized carbons (Fsp3) is 0. The SMILES string of the molecule is Nc1ncc(-c2cccc(-c3cccc(O)c3)c2)o1. The standard InChI is InChI=1S/C15H12N2O2/c16-15-17-9-14(19-15)12-5-1-3-10(7-12)11-4-2-6-13(18)8-11/h1-9,18H,(H2,16,17). The molecule has 3 N–H and O–H groups in total. The third-order valence-corrected chi connectivity index (χ3v) is 2.85. The summed E-state index contributed by atoms with van der Waals surface area (Å²) in [5, 5.41) is 9.52. The lowest BCUT2D eigenvalue weighted by molar-refractivity contribution is 0.475. The van der Waals surface area contributed by atoms with Crippen molar-refractivity contribution in [1.82, 2.24) is 4.98 Å². The van der Waals surface area contributed by atoms with Gasteiger partial charge in [-0.25, -0.2) is 4.98 Å². The lowest BCUT2D eigenvalue weighted by Crippen LogP contribution is -1.81. The van der Waals surface area contributed by atoms with Crippen molar-refractivity contribution < 1.29 is 9.52 Å². The van der Waals surface area contributed by atoms with Gasteiger partial charge in [0.2, 0.25) is 0 Å². The molecule has 0 fully saturated rings. The number of anilines is 1. The van der Waals surface area contributed by atoms with Gasteiger partial charge in [0.15, 0.2) is 5.76 Å². The number of nitrogens with two attached hydrogens (primary N) is 1. The minimum absolute atomic E-state index is 0.151. The number of phenolic OH excluding ortho intramolecular Hbond substituents is 1. The Bertz CT molecular complexity index is 719. The normalized spacial score (nSPS) is 10.5. The zero-order valence-electron chi connectivity index (χ0n) is 10.1. The number of nitrogens with zero attached hydrogens (tertiary/aromatic N) is 1. The lowest BCUT2D eigenvalue weighted by Gasteiger charge is -2.04. The van der Waals surface area contributed by atoms with E-state index in [1.807, 2.05) is 36.4 Å². The minimum Gasteiger partial charge on any atom is -0.508 e. The van der Waals surface area contributed by atoms with E-state index in [0.29, 0.717) is 5.76 Å². The number of aromatic nitrogens is 1. The molecule has 0 atom stereocenters. The van der Waals surface area contributed by atoms with Gasteiger partial charge in [-0.1, -0.05) is 30.3 Å². The largest absolute Gasteiger partial charge is 0.508 e. The fourth-order valence-electron chi connectivity index (χ4n) is 1.96. The summed E-state index contributed by atoms with van der Waals surface area (Å²) in [7, 11) is 0. The van der Waals surface area contributed by atoms with Crippen LogP contribution in [0.1, 0.15) is 0 Å². The second-order valence-corrected chi connectivity index (χ2v) is 4.19. The topological polar surface area (TPSA) is 72.3 Å². The van der Waals surface area contributed by atoms with Gasteiger partial charge in [0.25, 0.3) is 6.01 Å². The van der Waals surface area contributed by atoms with Crippen molar-refractivity contribution in [1.29, 1.82) is 0 Å². The van der Waals surface area contributed by atoms with Gasteiger partial charge in [-0.3, -0.25) is 0 Å². The second-order valence-electron chi connectivity index (χ2n) is 4.19. The molecule has 0 aliphatic heterocycles. The Morgan fingerprint density at radius 1 is 0.947 bits per heavy atom. The molecule has 2 aromatic carbocycles. The van der Waals surface area contributed by atoms with Crippen LogP contribution in [0.3, 0.4) is 0 Å². The average molecular weight is 252 g/mol. The zero-order chi connectivity index (χ0) is 13.2. The van der Waals surface area contributed by atoms with Gasteiger partial charge >= 0.3 is 0 Å². The van der Waals surface area contributed by atoms with Crippen molar-refractivity contribution in [3.8, 4) is 28.2 Å². The van der Waals surface area contributed by atoms with E-state index >= 15 is 0 Å². The summed E-state index contributed by atoms with van der Waals surface area (Å²) >= 11 is 0. The molecule has 19 heavy (non-hydrogen) atoms. The molecule has 0 aliphatic carbocycles. The molecular weight excluding hydrogens is 240 g/mol. The van der Waals surface area contributed by atoms with Crippen LogP contribution < -0.4 is 5.73 Å². The molecule has 4 nitrogen and oxygen atoms in total. The molecule has 0 unspecified atom stereocenters. The van der Waals surface area contributed by atoms with E-state index in [2.05, 4.69) is 4.98 Å². The number of phenols is 1. The highest BCUT2D eigenvalue weighted by Crippen LogP contribution is 2.28. The number of aromatic hydroxyl groups is 1. The van der Waals surface area contributed by atoms with E-state index in [9.17, 15) is 5.11 Å². The maximum Gasteiger partial charge on any atom is 0.292 e. The van der Waals surface area contributed by atoms with Crippen LogP contribution in [0.25, 0.3) is 22.5 Å². The smallest absolute Gasteiger partial charge is 0.292 e. The highest BCUT2D eigenvalue weighted by Gasteiger charge is 2.06. The molecule has 0 radical (unpaired) electrons. The number of rotatable bonds is 2. The van der Waals surface area contributed by atoms with Crippen molar-refractivity contribution in [3.05, 3.63) is 54.7 Å². The van der Waals surface area contributed by atoms with Crippen molar-refractivity contribution in [2.24, 2.45) is 0 Å². The van der Waals surface area contributed by atoms with E-state index in [-0.39, 0.29) is 11.8 Å². The first kappa shape index (κ1) is 11.3. The summed E-state index contributed by atoms with van der Waals surface area (Å²) in [5.74, 6) is 0.867. The van der Waals surface area contributed by atoms with Crippen molar-refractivity contribution >= 4 is 6.01 Å². The van der Waals surface area contributed by atoms with Gasteiger partial charge in [0.05, 0.1) is 6.20 Å². The quantitative estimate of drug-likeness (QED) is 0.734. The van der Waals surface area contributed by atoms with Gasteiger partial charge in [-0.2, -0.15) is 0 Å². The van der Waals surface area contributed by atoms with Crippen molar-refractivity contribution in [2.45, 2.75) is 0 Å². The van der Waals surface area contributed by atoms with Crippen LogP contribution in [0.15, 0.2) is 59.1 Å². The van der Waals surface area contributed by atoms with E-state index < -0.39 is 0 Å². The summed E-state index contributed by atoms with van der Waals surface area (Å²) < 4.78 is 5.30. The maximum absolute atomic E-state index is 9.52. The number of benzene rings is 2. The van der Waals surface area contributed by atoms with Crippen LogP contribution in [0.4, 0.5) is 6.01 Å². The molecule has 0 saturated carbocycles. The second kappa shape index (κ2) is 4.49. The summed E-state index contributed by atoms with van der Waals surface area (Å²) in [6.45, 7) is 0. The number of oxazole rings is 1. The van der Waals surface area contributed by atoms with E-state index in [1.54, 1.807) is 18.3 Å². The van der Waals surface area contributed by atoms with Crippen molar-refractivity contribution in [2.75, 3.05) is 5.73 Å². The molecule has 0 spiro atoms. The Morgan fingerprint density at radius 2 is 1.63 bits per heavy atom. The molecule has 3 rings (SSSR count). The van der Waals surface area contributed by atoms with Gasteiger partial charge in [-0.15, -0.1) is 0 Å². The van der Waals surface area contributed by atoms with E-state index in [1.165, 1.54) is 0 Å². The number of hydrogen-bond acceptors (Lipinski definition) is 4. The Morgan fingerprint density at radius 3 is 2.32 bits per heavy atom. The molecule has 0 amide bonds. The van der Waals surface area contributed by atoms with Gasteiger partial charge in [0, 0.05) is 5.56 Å². The van der Waals surface area contributed by atoms with Crippen LogP contribution in [0.2, 0.25) is 0 Å². The minimum atomic E-state index is 0.151. The first-order valence-corrected chi connectivity index (χ1v) is 5.83. The molecule has 94 valence electrons. The van der Waals surface area contributed by atoms with Gasteiger partial charge < -0.3 is 15.3 Å². The van der Waals surface area contributed by atoms with E-state index in [0.717, 1.165) is 16.7 Å².